The highest BCUT2D eigenvalue weighted by molar-refractivity contribution is 7.91. The lowest BCUT2D eigenvalue weighted by Gasteiger charge is -2.08. The quantitative estimate of drug-likeness (QED) is 0.505. The van der Waals surface area contributed by atoms with Gasteiger partial charge in [0.15, 0.2) is 9.84 Å². The molecule has 2 rings (SSSR count). The van der Waals surface area contributed by atoms with E-state index in [1.807, 2.05) is 0 Å². The number of aryl methyl sites for hydroxylation is 1. The third kappa shape index (κ3) is 4.49. The molecule has 0 radical (unpaired) electrons. The summed E-state index contributed by atoms with van der Waals surface area (Å²) in [7, 11) is -3.01. The third-order valence-corrected chi connectivity index (χ3v) is 5.55. The molecule has 0 aromatic carbocycles. The summed E-state index contributed by atoms with van der Waals surface area (Å²) in [5, 5.41) is 22.9. The highest BCUT2D eigenvalue weighted by Gasteiger charge is 2.29. The fourth-order valence-electron chi connectivity index (χ4n) is 2.43. The van der Waals surface area contributed by atoms with Gasteiger partial charge in [-0.25, -0.2) is 13.8 Å². The van der Waals surface area contributed by atoms with Gasteiger partial charge in [0, 0.05) is 23.7 Å². The Hall–Kier alpha value is -2.00. The SMILES string of the molecule is Cc1ncc(CO)c(/C=N/NC(=O)C[C@@H]2CCS(=O)(=O)C2)c1O. The molecular formula is C14H19N3O5S. The summed E-state index contributed by atoms with van der Waals surface area (Å²) in [6.45, 7) is 1.28. The molecule has 1 aliphatic heterocycles. The predicted octanol–water partition coefficient (Wildman–Crippen LogP) is -0.137. The number of aliphatic hydroxyl groups excluding tert-OH is 1. The molecular weight excluding hydrogens is 322 g/mol. The number of carbonyl (C=O) groups excluding carboxylic acids is 1. The van der Waals surface area contributed by atoms with E-state index in [0.717, 1.165) is 0 Å². The highest BCUT2D eigenvalue weighted by Crippen LogP contribution is 2.22. The molecule has 1 saturated heterocycles. The first kappa shape index (κ1) is 17.4. The highest BCUT2D eigenvalue weighted by atomic mass is 32.2. The number of aromatic hydroxyl groups is 1. The normalized spacial score (nSPS) is 20.0. The van der Waals surface area contributed by atoms with Crippen LogP contribution in [-0.4, -0.2) is 47.2 Å². The van der Waals surface area contributed by atoms with Gasteiger partial charge in [0.2, 0.25) is 5.91 Å². The molecule has 0 saturated carbocycles. The van der Waals surface area contributed by atoms with E-state index in [1.54, 1.807) is 6.92 Å². The number of hydrogen-bond acceptors (Lipinski definition) is 7. The molecule has 1 aromatic rings. The van der Waals surface area contributed by atoms with Gasteiger partial charge in [0.25, 0.3) is 0 Å². The number of amides is 1. The summed E-state index contributed by atoms with van der Waals surface area (Å²) in [5.74, 6) is -0.531. The van der Waals surface area contributed by atoms with Crippen molar-refractivity contribution in [2.75, 3.05) is 11.5 Å². The molecule has 126 valence electrons. The number of sulfone groups is 1. The van der Waals surface area contributed by atoms with Crippen molar-refractivity contribution in [3.05, 3.63) is 23.0 Å². The van der Waals surface area contributed by atoms with E-state index < -0.39 is 9.84 Å². The molecule has 0 unspecified atom stereocenters. The molecule has 0 spiro atoms. The number of aliphatic hydroxyl groups is 1. The first-order valence-corrected chi connectivity index (χ1v) is 8.95. The lowest BCUT2D eigenvalue weighted by Crippen LogP contribution is -2.21. The van der Waals surface area contributed by atoms with Crippen LogP contribution in [0.2, 0.25) is 0 Å². The predicted molar refractivity (Wildman–Crippen MR) is 83.7 cm³/mol. The van der Waals surface area contributed by atoms with Crippen LogP contribution in [0.3, 0.4) is 0 Å². The number of carbonyl (C=O) groups is 1. The molecule has 1 aliphatic rings. The Morgan fingerprint density at radius 1 is 1.57 bits per heavy atom. The van der Waals surface area contributed by atoms with Crippen molar-refractivity contribution in [3.63, 3.8) is 0 Å². The van der Waals surface area contributed by atoms with Crippen LogP contribution in [0.5, 0.6) is 5.75 Å². The van der Waals surface area contributed by atoms with Crippen molar-refractivity contribution in [3.8, 4) is 5.75 Å². The molecule has 8 nitrogen and oxygen atoms in total. The first-order chi connectivity index (χ1) is 10.8. The second kappa shape index (κ2) is 7.05. The van der Waals surface area contributed by atoms with Gasteiger partial charge in [-0.3, -0.25) is 9.78 Å². The Morgan fingerprint density at radius 2 is 2.30 bits per heavy atom. The summed E-state index contributed by atoms with van der Waals surface area (Å²) in [6.07, 6.45) is 3.23. The summed E-state index contributed by atoms with van der Waals surface area (Å²) >= 11 is 0. The molecule has 1 fully saturated rings. The van der Waals surface area contributed by atoms with E-state index in [-0.39, 0.29) is 47.7 Å². The van der Waals surface area contributed by atoms with Gasteiger partial charge in [-0.1, -0.05) is 0 Å². The molecule has 1 atom stereocenters. The van der Waals surface area contributed by atoms with Crippen LogP contribution in [0.1, 0.15) is 29.7 Å². The Kier molecular flexibility index (Phi) is 5.32. The molecule has 1 amide bonds. The number of aromatic nitrogens is 1. The topological polar surface area (TPSA) is 129 Å². The van der Waals surface area contributed by atoms with Gasteiger partial charge in [-0.2, -0.15) is 5.10 Å². The van der Waals surface area contributed by atoms with E-state index in [4.69, 9.17) is 0 Å². The minimum Gasteiger partial charge on any atom is -0.505 e. The smallest absolute Gasteiger partial charge is 0.240 e. The third-order valence-electron chi connectivity index (χ3n) is 3.71. The second-order valence-electron chi connectivity index (χ2n) is 5.56. The molecule has 9 heteroatoms. The monoisotopic (exact) mass is 341 g/mol. The maximum absolute atomic E-state index is 11.8. The van der Waals surface area contributed by atoms with E-state index in [2.05, 4.69) is 15.5 Å². The van der Waals surface area contributed by atoms with E-state index in [9.17, 15) is 23.4 Å². The maximum Gasteiger partial charge on any atom is 0.240 e. The molecule has 0 aliphatic carbocycles. The zero-order chi connectivity index (χ0) is 17.0. The van der Waals surface area contributed by atoms with Gasteiger partial charge in [-0.05, 0) is 19.3 Å². The molecule has 0 bridgehead atoms. The van der Waals surface area contributed by atoms with Gasteiger partial charge >= 0.3 is 0 Å². The molecule has 3 N–H and O–H groups in total. The van der Waals surface area contributed by atoms with Crippen LogP contribution < -0.4 is 5.43 Å². The maximum atomic E-state index is 11.8. The number of nitrogens with one attached hydrogen (secondary N) is 1. The van der Waals surface area contributed by atoms with Crippen LogP contribution in [0.25, 0.3) is 0 Å². The van der Waals surface area contributed by atoms with Crippen molar-refractivity contribution >= 4 is 22.0 Å². The summed E-state index contributed by atoms with van der Waals surface area (Å²) in [4.78, 5) is 15.7. The van der Waals surface area contributed by atoms with Crippen LogP contribution in [-0.2, 0) is 21.2 Å². The van der Waals surface area contributed by atoms with Crippen molar-refractivity contribution < 1.29 is 23.4 Å². The standard InChI is InChI=1S/C14H19N3O5S/c1-9-14(20)12(11(7-18)5-15-9)6-16-17-13(19)4-10-2-3-23(21,22)8-10/h5-6,10,18,20H,2-4,7-8H2,1H3,(H,17,19)/b16-6+/t10-/m0/s1. The van der Waals surface area contributed by atoms with E-state index in [1.165, 1.54) is 12.4 Å². The number of nitrogens with zero attached hydrogens (tertiary/aromatic N) is 2. The minimum atomic E-state index is -3.01. The van der Waals surface area contributed by atoms with Gasteiger partial charge in [0.1, 0.15) is 5.75 Å². The zero-order valence-electron chi connectivity index (χ0n) is 12.7. The van der Waals surface area contributed by atoms with Crippen LogP contribution in [0, 0.1) is 12.8 Å². The van der Waals surface area contributed by atoms with Crippen molar-refractivity contribution in [1.82, 2.24) is 10.4 Å². The summed E-state index contributed by atoms with van der Waals surface area (Å²) < 4.78 is 22.7. The largest absolute Gasteiger partial charge is 0.505 e. The Labute approximate surface area is 134 Å². The second-order valence-corrected chi connectivity index (χ2v) is 7.78. The number of hydrazone groups is 1. The lowest BCUT2D eigenvalue weighted by molar-refractivity contribution is -0.121. The molecule has 1 aromatic heterocycles. The van der Waals surface area contributed by atoms with Crippen molar-refractivity contribution in [2.45, 2.75) is 26.4 Å². The molecule has 23 heavy (non-hydrogen) atoms. The average Bonchev–Trinajstić information content (AvgIpc) is 2.82. The fourth-order valence-corrected chi connectivity index (χ4v) is 4.29. The van der Waals surface area contributed by atoms with E-state index >= 15 is 0 Å². The van der Waals surface area contributed by atoms with Gasteiger partial charge < -0.3 is 10.2 Å². The lowest BCUT2D eigenvalue weighted by atomic mass is 10.1. The number of pyridine rings is 1. The van der Waals surface area contributed by atoms with Crippen LogP contribution >= 0.6 is 0 Å². The van der Waals surface area contributed by atoms with Crippen LogP contribution in [0.15, 0.2) is 11.3 Å². The van der Waals surface area contributed by atoms with Crippen molar-refractivity contribution in [1.29, 1.82) is 0 Å². The Balaban J connectivity index is 1.97. The first-order valence-electron chi connectivity index (χ1n) is 7.13. The zero-order valence-corrected chi connectivity index (χ0v) is 13.5. The van der Waals surface area contributed by atoms with Crippen molar-refractivity contribution in [2.24, 2.45) is 11.0 Å². The Bertz CT molecular complexity index is 730. The summed E-state index contributed by atoms with van der Waals surface area (Å²) in [6, 6.07) is 0. The number of hydrogen-bond donors (Lipinski definition) is 3. The average molecular weight is 341 g/mol. The van der Waals surface area contributed by atoms with E-state index in [0.29, 0.717) is 17.7 Å². The summed E-state index contributed by atoms with van der Waals surface area (Å²) in [5.41, 5.74) is 3.35. The minimum absolute atomic E-state index is 0.0309. The van der Waals surface area contributed by atoms with Gasteiger partial charge in [-0.15, -0.1) is 0 Å². The Morgan fingerprint density at radius 3 is 2.91 bits per heavy atom. The number of rotatable bonds is 5. The van der Waals surface area contributed by atoms with Gasteiger partial charge in [0.05, 0.1) is 30.0 Å². The molecule has 2 heterocycles. The van der Waals surface area contributed by atoms with Crippen LogP contribution in [0.4, 0.5) is 0 Å². The fraction of sp³-hybridized carbons (Fsp3) is 0.500.